The maximum absolute atomic E-state index is 13.3. The number of unbranched alkanes of at least 4 members (excludes halogenated alkanes) is 46. The zero-order valence-electron chi connectivity index (χ0n) is 55.3. The summed E-state index contributed by atoms with van der Waals surface area (Å²) in [6, 6.07) is -0.929. The highest BCUT2D eigenvalue weighted by Crippen LogP contribution is 2.30. The van der Waals surface area contributed by atoms with E-state index in [0.717, 1.165) is 32.1 Å². The number of nitrogens with one attached hydrogen (secondary N) is 1. The van der Waals surface area contributed by atoms with E-state index in [4.69, 9.17) is 18.9 Å². The average Bonchev–Trinajstić information content (AvgIpc) is 2.54. The summed E-state index contributed by atoms with van der Waals surface area (Å²) in [6.45, 7) is 2.84. The van der Waals surface area contributed by atoms with Gasteiger partial charge in [-0.15, -0.1) is 0 Å². The summed E-state index contributed by atoms with van der Waals surface area (Å²) in [5.74, 6) is -0.241. The van der Waals surface area contributed by atoms with Gasteiger partial charge in [0.05, 0.1) is 32.0 Å². The van der Waals surface area contributed by atoms with Gasteiger partial charge in [-0.25, -0.2) is 0 Å². The molecule has 14 nitrogen and oxygen atoms in total. The number of carbonyl (C=O) groups excluding carboxylic acids is 1. The van der Waals surface area contributed by atoms with Crippen LogP contribution in [0.1, 0.15) is 335 Å². The Labute approximate surface area is 526 Å². The van der Waals surface area contributed by atoms with E-state index in [-0.39, 0.29) is 18.9 Å². The maximum atomic E-state index is 13.3. The van der Waals surface area contributed by atoms with Crippen molar-refractivity contribution in [3.8, 4) is 0 Å². The van der Waals surface area contributed by atoms with Crippen molar-refractivity contribution in [2.24, 2.45) is 0 Å². The van der Waals surface area contributed by atoms with Crippen molar-refractivity contribution in [2.75, 3.05) is 19.8 Å². The molecule has 9 N–H and O–H groups in total. The van der Waals surface area contributed by atoms with Crippen LogP contribution in [0.2, 0.25) is 0 Å². The van der Waals surface area contributed by atoms with Gasteiger partial charge in [0.25, 0.3) is 0 Å². The zero-order valence-corrected chi connectivity index (χ0v) is 55.3. The molecule has 0 radical (unpaired) electrons. The molecule has 0 aliphatic carbocycles. The third-order valence-corrected chi connectivity index (χ3v) is 18.1. The number of rotatable bonds is 61. The van der Waals surface area contributed by atoms with Crippen LogP contribution in [0.5, 0.6) is 0 Å². The molecule has 0 aromatic rings. The Morgan fingerprint density at radius 2 is 0.744 bits per heavy atom. The van der Waals surface area contributed by atoms with Crippen molar-refractivity contribution in [1.82, 2.24) is 5.32 Å². The van der Waals surface area contributed by atoms with Gasteiger partial charge >= 0.3 is 0 Å². The Balaban J connectivity index is 1.67. The summed E-state index contributed by atoms with van der Waals surface area (Å²) < 4.78 is 22.9. The molecule has 0 spiro atoms. The number of amides is 1. The molecule has 2 aliphatic rings. The Hall–Kier alpha value is -1.53. The van der Waals surface area contributed by atoms with Gasteiger partial charge in [-0.3, -0.25) is 4.79 Å². The molecule has 508 valence electrons. The summed E-state index contributed by atoms with van der Waals surface area (Å²) in [7, 11) is 0. The molecule has 2 heterocycles. The van der Waals surface area contributed by atoms with E-state index in [0.29, 0.717) is 12.8 Å². The van der Waals surface area contributed by atoms with Crippen LogP contribution in [0.15, 0.2) is 24.3 Å². The Bertz CT molecular complexity index is 1540. The average molecular weight is 1220 g/mol. The summed E-state index contributed by atoms with van der Waals surface area (Å²) in [6.07, 6.45) is 55.3. The fourth-order valence-corrected chi connectivity index (χ4v) is 12.3. The van der Waals surface area contributed by atoms with E-state index in [1.807, 2.05) is 6.08 Å². The number of hydrogen-bond donors (Lipinski definition) is 9. The predicted molar refractivity (Wildman–Crippen MR) is 351 cm³/mol. The Morgan fingerprint density at radius 1 is 0.407 bits per heavy atom. The molecular weight excluding hydrogens is 1090 g/mol. The maximum Gasteiger partial charge on any atom is 0.220 e. The van der Waals surface area contributed by atoms with Gasteiger partial charge in [-0.1, -0.05) is 321 Å². The highest BCUT2D eigenvalue weighted by Gasteiger charge is 2.51. The van der Waals surface area contributed by atoms with Gasteiger partial charge in [0, 0.05) is 6.42 Å². The number of carbonyl (C=O) groups is 1. The molecule has 86 heavy (non-hydrogen) atoms. The fraction of sp³-hybridized carbons (Fsp3) is 0.931. The number of hydrogen-bond acceptors (Lipinski definition) is 13. The number of allylic oxidation sites excluding steroid dienone is 3. The van der Waals surface area contributed by atoms with E-state index in [1.54, 1.807) is 6.08 Å². The summed E-state index contributed by atoms with van der Waals surface area (Å²) in [5, 5.41) is 87.5. The lowest BCUT2D eigenvalue weighted by atomic mass is 9.97. The van der Waals surface area contributed by atoms with Crippen LogP contribution >= 0.6 is 0 Å². The summed E-state index contributed by atoms with van der Waals surface area (Å²) in [5.41, 5.74) is 0. The van der Waals surface area contributed by atoms with Crippen molar-refractivity contribution in [2.45, 2.75) is 408 Å². The van der Waals surface area contributed by atoms with Crippen molar-refractivity contribution in [3.05, 3.63) is 24.3 Å². The lowest BCUT2D eigenvalue weighted by Crippen LogP contribution is -2.65. The van der Waals surface area contributed by atoms with E-state index in [2.05, 4.69) is 31.3 Å². The number of ether oxygens (including phenoxy) is 4. The molecular formula is C72H137NO13. The van der Waals surface area contributed by atoms with Gasteiger partial charge in [0.2, 0.25) is 5.91 Å². The topological polar surface area (TPSA) is 228 Å². The minimum absolute atomic E-state index is 0.241. The van der Waals surface area contributed by atoms with Crippen LogP contribution < -0.4 is 5.32 Å². The molecule has 0 bridgehead atoms. The predicted octanol–water partition coefficient (Wildman–Crippen LogP) is 15.1. The van der Waals surface area contributed by atoms with Gasteiger partial charge in [-0.05, 0) is 32.1 Å². The molecule has 14 heteroatoms. The Morgan fingerprint density at radius 3 is 1.14 bits per heavy atom. The lowest BCUT2D eigenvalue weighted by Gasteiger charge is -2.46. The van der Waals surface area contributed by atoms with Gasteiger partial charge in [0.1, 0.15) is 48.8 Å². The molecule has 1 amide bonds. The van der Waals surface area contributed by atoms with Crippen LogP contribution in [0.3, 0.4) is 0 Å². The van der Waals surface area contributed by atoms with E-state index >= 15 is 0 Å². The van der Waals surface area contributed by atoms with Gasteiger partial charge in [-0.2, -0.15) is 0 Å². The largest absolute Gasteiger partial charge is 0.394 e. The van der Waals surface area contributed by atoms with Crippen molar-refractivity contribution in [1.29, 1.82) is 0 Å². The molecule has 0 aromatic carbocycles. The quantitative estimate of drug-likeness (QED) is 0.0204. The zero-order chi connectivity index (χ0) is 62.3. The van der Waals surface area contributed by atoms with Gasteiger partial charge in [0.15, 0.2) is 12.6 Å². The van der Waals surface area contributed by atoms with Crippen LogP contribution in [-0.4, -0.2) is 140 Å². The first-order valence-electron chi connectivity index (χ1n) is 36.6. The van der Waals surface area contributed by atoms with E-state index in [9.17, 15) is 45.6 Å². The van der Waals surface area contributed by atoms with Crippen molar-refractivity contribution >= 4 is 5.91 Å². The Kier molecular flexibility index (Phi) is 53.7. The second kappa shape index (κ2) is 57.4. The normalized spacial score (nSPS) is 23.5. The monoisotopic (exact) mass is 1220 g/mol. The molecule has 12 atom stereocenters. The SMILES string of the molecule is CCCCCCCCCCCCCCCCCCCCCCCCCC/C=C/CC/C=C/C(O)C(COC1OC(CO)C(OC2OC(CO)C(O)C(O)C2O)C(O)C1O)NC(=O)CCCCCCCCCCCCCCCCCCCCCCCC. The number of aliphatic hydroxyl groups is 8. The highest BCUT2D eigenvalue weighted by molar-refractivity contribution is 5.76. The molecule has 12 unspecified atom stereocenters. The minimum Gasteiger partial charge on any atom is -0.394 e. The summed E-state index contributed by atoms with van der Waals surface area (Å²) in [4.78, 5) is 13.3. The third kappa shape index (κ3) is 41.1. The molecule has 0 aromatic heterocycles. The molecule has 2 aliphatic heterocycles. The first-order valence-corrected chi connectivity index (χ1v) is 36.6. The fourth-order valence-electron chi connectivity index (χ4n) is 12.3. The highest BCUT2D eigenvalue weighted by atomic mass is 16.7. The minimum atomic E-state index is -1.79. The second-order valence-electron chi connectivity index (χ2n) is 26.1. The number of aliphatic hydroxyl groups excluding tert-OH is 8. The van der Waals surface area contributed by atoms with Crippen molar-refractivity contribution < 1.29 is 64.6 Å². The lowest BCUT2D eigenvalue weighted by molar-refractivity contribution is -0.359. The smallest absolute Gasteiger partial charge is 0.220 e. The first-order chi connectivity index (χ1) is 42.1. The third-order valence-electron chi connectivity index (χ3n) is 18.1. The molecule has 0 saturated carbocycles. The standard InChI is InChI=1S/C72H137NO13/c1-3-5-7-9-11-13-15-17-19-21-23-25-27-28-29-30-31-32-33-34-35-37-39-41-43-45-47-49-51-53-55-61(76)60(59-83-71-69(82)67(80)70(63(58-75)85-71)86-72-68(81)66(79)65(78)62(57-74)84-72)73-64(77)56-54-52-50-48-46-44-42-40-38-36-26-24-22-20-18-16-14-12-10-8-6-4-2/h45,47,53,55,60-63,65-72,74-76,78-82H,3-44,46,48-52,54,56-59H2,1-2H3,(H,73,77)/b47-45+,55-53+. The van der Waals surface area contributed by atoms with Crippen LogP contribution in [0.4, 0.5) is 0 Å². The molecule has 2 saturated heterocycles. The first kappa shape index (κ1) is 80.6. The van der Waals surface area contributed by atoms with Crippen LogP contribution in [-0.2, 0) is 23.7 Å². The van der Waals surface area contributed by atoms with Crippen LogP contribution in [0.25, 0.3) is 0 Å². The van der Waals surface area contributed by atoms with E-state index in [1.165, 1.54) is 270 Å². The van der Waals surface area contributed by atoms with Crippen LogP contribution in [0, 0.1) is 0 Å². The molecule has 2 fully saturated rings. The van der Waals surface area contributed by atoms with Gasteiger partial charge < -0.3 is 65.1 Å². The second-order valence-corrected chi connectivity index (χ2v) is 26.1. The summed E-state index contributed by atoms with van der Waals surface area (Å²) >= 11 is 0. The van der Waals surface area contributed by atoms with E-state index < -0.39 is 86.8 Å². The van der Waals surface area contributed by atoms with Crippen molar-refractivity contribution in [3.63, 3.8) is 0 Å². The molecule has 2 rings (SSSR count).